The van der Waals surface area contributed by atoms with Gasteiger partial charge < -0.3 is 9.84 Å². The number of phenols is 1. The Morgan fingerprint density at radius 2 is 1.60 bits per heavy atom. The van der Waals surface area contributed by atoms with Gasteiger partial charge >= 0.3 is 0 Å². The highest BCUT2D eigenvalue weighted by Gasteiger charge is 2.00. The maximum atomic E-state index is 9.51. The van der Waals surface area contributed by atoms with Crippen LogP contribution in [0.4, 0.5) is 0 Å². The summed E-state index contributed by atoms with van der Waals surface area (Å²) in [5, 5.41) is 11.6. The first-order valence-corrected chi connectivity index (χ1v) is 7.39. The summed E-state index contributed by atoms with van der Waals surface area (Å²) in [6.45, 7) is 0.543. The molecule has 0 unspecified atom stereocenters. The number of phenolic OH excluding ortho intramolecular Hbond substituents is 1. The fourth-order valence-electron chi connectivity index (χ4n) is 2.05. The molecule has 0 fully saturated rings. The number of halogens is 1. The molecule has 0 heterocycles. The fraction of sp³-hybridized carbons (Fsp3) is 0.0588. The molecule has 0 amide bonds. The van der Waals surface area contributed by atoms with Gasteiger partial charge in [0.05, 0.1) is 0 Å². The van der Waals surface area contributed by atoms with Crippen molar-refractivity contribution in [3.05, 3.63) is 69.8 Å². The van der Waals surface area contributed by atoms with Crippen LogP contribution < -0.4 is 4.74 Å². The summed E-state index contributed by atoms with van der Waals surface area (Å²) in [7, 11) is 0. The first-order valence-electron chi connectivity index (χ1n) is 6.31. The van der Waals surface area contributed by atoms with Crippen LogP contribution in [0.2, 0.25) is 0 Å². The monoisotopic (exact) mass is 376 g/mol. The van der Waals surface area contributed by atoms with Gasteiger partial charge in [0.1, 0.15) is 18.1 Å². The van der Waals surface area contributed by atoms with Crippen LogP contribution in [0, 0.1) is 3.57 Å². The number of rotatable bonds is 3. The van der Waals surface area contributed by atoms with Gasteiger partial charge in [-0.1, -0.05) is 24.3 Å². The Hall–Kier alpha value is -1.75. The summed E-state index contributed by atoms with van der Waals surface area (Å²) < 4.78 is 7.01. The van der Waals surface area contributed by atoms with Crippen LogP contribution in [0.15, 0.2) is 60.7 Å². The van der Waals surface area contributed by atoms with Gasteiger partial charge in [-0.25, -0.2) is 0 Å². The lowest BCUT2D eigenvalue weighted by molar-refractivity contribution is 0.306. The molecule has 0 aliphatic heterocycles. The summed E-state index contributed by atoms with van der Waals surface area (Å²) >= 11 is 2.28. The van der Waals surface area contributed by atoms with Crippen molar-refractivity contribution in [2.75, 3.05) is 0 Å². The van der Waals surface area contributed by atoms with Crippen molar-refractivity contribution < 1.29 is 9.84 Å². The highest BCUT2D eigenvalue weighted by molar-refractivity contribution is 14.1. The Kier molecular flexibility index (Phi) is 3.78. The van der Waals surface area contributed by atoms with Gasteiger partial charge in [-0.05, 0) is 75.3 Å². The van der Waals surface area contributed by atoms with Gasteiger partial charge in [0.25, 0.3) is 0 Å². The first-order chi connectivity index (χ1) is 9.70. The molecule has 0 saturated carbocycles. The van der Waals surface area contributed by atoms with E-state index < -0.39 is 0 Å². The SMILES string of the molecule is Oc1ccc2ccc(OCc3ccc(I)cc3)cc2c1. The number of hydrogen-bond donors (Lipinski definition) is 1. The van der Waals surface area contributed by atoms with Crippen molar-refractivity contribution in [2.24, 2.45) is 0 Å². The lowest BCUT2D eigenvalue weighted by Crippen LogP contribution is -1.95. The van der Waals surface area contributed by atoms with E-state index in [4.69, 9.17) is 4.74 Å². The molecule has 3 aromatic carbocycles. The van der Waals surface area contributed by atoms with E-state index in [1.54, 1.807) is 12.1 Å². The third kappa shape index (κ3) is 3.04. The molecule has 1 N–H and O–H groups in total. The van der Waals surface area contributed by atoms with Gasteiger partial charge in [0.2, 0.25) is 0 Å². The van der Waals surface area contributed by atoms with Crippen LogP contribution in [0.5, 0.6) is 11.5 Å². The minimum absolute atomic E-state index is 0.271. The second-order valence-corrected chi connectivity index (χ2v) is 5.85. The Bertz CT molecular complexity index is 736. The quantitative estimate of drug-likeness (QED) is 0.670. The van der Waals surface area contributed by atoms with E-state index in [-0.39, 0.29) is 5.75 Å². The lowest BCUT2D eigenvalue weighted by atomic mass is 10.1. The lowest BCUT2D eigenvalue weighted by Gasteiger charge is -2.08. The molecule has 0 aliphatic rings. The van der Waals surface area contributed by atoms with E-state index >= 15 is 0 Å². The molecule has 2 nitrogen and oxygen atoms in total. The van der Waals surface area contributed by atoms with Crippen LogP contribution in [0.3, 0.4) is 0 Å². The van der Waals surface area contributed by atoms with E-state index in [0.29, 0.717) is 6.61 Å². The number of aromatic hydroxyl groups is 1. The highest BCUT2D eigenvalue weighted by atomic mass is 127. The number of ether oxygens (including phenoxy) is 1. The molecule has 0 spiro atoms. The Morgan fingerprint density at radius 1 is 0.850 bits per heavy atom. The smallest absolute Gasteiger partial charge is 0.120 e. The summed E-state index contributed by atoms with van der Waals surface area (Å²) in [5.41, 5.74) is 1.14. The Morgan fingerprint density at radius 3 is 2.40 bits per heavy atom. The zero-order valence-electron chi connectivity index (χ0n) is 10.7. The van der Waals surface area contributed by atoms with Crippen LogP contribution in [-0.2, 0) is 6.61 Å². The van der Waals surface area contributed by atoms with E-state index in [9.17, 15) is 5.11 Å². The summed E-state index contributed by atoms with van der Waals surface area (Å²) in [4.78, 5) is 0. The van der Waals surface area contributed by atoms with Gasteiger partial charge in [-0.15, -0.1) is 0 Å². The van der Waals surface area contributed by atoms with E-state index in [2.05, 4.69) is 46.9 Å². The van der Waals surface area contributed by atoms with Crippen LogP contribution in [-0.4, -0.2) is 5.11 Å². The number of fused-ring (bicyclic) bond motifs is 1. The van der Waals surface area contributed by atoms with E-state index in [0.717, 1.165) is 22.1 Å². The summed E-state index contributed by atoms with van der Waals surface area (Å²) in [6, 6.07) is 19.5. The molecule has 0 aromatic heterocycles. The minimum atomic E-state index is 0.271. The van der Waals surface area contributed by atoms with Crippen molar-refractivity contribution in [3.8, 4) is 11.5 Å². The van der Waals surface area contributed by atoms with Gasteiger partial charge in [0.15, 0.2) is 0 Å². The molecule has 100 valence electrons. The van der Waals surface area contributed by atoms with Crippen LogP contribution in [0.1, 0.15) is 5.56 Å². The number of benzene rings is 3. The second kappa shape index (κ2) is 5.71. The van der Waals surface area contributed by atoms with Crippen LogP contribution >= 0.6 is 22.6 Å². The standard InChI is InChI=1S/C17H13IO2/c18-15-5-1-12(2-6-15)11-20-17-8-4-13-3-7-16(19)9-14(13)10-17/h1-10,19H,11H2. The third-order valence-electron chi connectivity index (χ3n) is 3.11. The maximum Gasteiger partial charge on any atom is 0.120 e. The van der Waals surface area contributed by atoms with Crippen molar-refractivity contribution in [1.82, 2.24) is 0 Å². The molecule has 0 radical (unpaired) electrons. The zero-order valence-corrected chi connectivity index (χ0v) is 12.9. The molecule has 3 aromatic rings. The molecule has 3 rings (SSSR count). The Labute approximate surface area is 131 Å². The Balaban J connectivity index is 1.78. The van der Waals surface area contributed by atoms with Crippen molar-refractivity contribution in [2.45, 2.75) is 6.61 Å². The topological polar surface area (TPSA) is 29.5 Å². The van der Waals surface area contributed by atoms with Gasteiger partial charge in [-0.2, -0.15) is 0 Å². The predicted octanol–water partition coefficient (Wildman–Crippen LogP) is 4.73. The molecular formula is C17H13IO2. The summed E-state index contributed by atoms with van der Waals surface area (Å²) in [6.07, 6.45) is 0. The normalized spacial score (nSPS) is 10.7. The first kappa shape index (κ1) is 13.2. The third-order valence-corrected chi connectivity index (χ3v) is 3.83. The molecule has 20 heavy (non-hydrogen) atoms. The fourth-order valence-corrected chi connectivity index (χ4v) is 2.41. The van der Waals surface area contributed by atoms with Gasteiger partial charge in [-0.3, -0.25) is 0 Å². The van der Waals surface area contributed by atoms with Crippen molar-refractivity contribution in [1.29, 1.82) is 0 Å². The van der Waals surface area contributed by atoms with E-state index in [1.807, 2.05) is 24.3 Å². The molecule has 0 saturated heterocycles. The molecule has 0 aliphatic carbocycles. The molecule has 3 heteroatoms. The highest BCUT2D eigenvalue weighted by Crippen LogP contribution is 2.25. The average molecular weight is 376 g/mol. The van der Waals surface area contributed by atoms with Crippen LogP contribution in [0.25, 0.3) is 10.8 Å². The molecule has 0 atom stereocenters. The maximum absolute atomic E-state index is 9.51. The van der Waals surface area contributed by atoms with E-state index in [1.165, 1.54) is 3.57 Å². The molecule has 0 bridgehead atoms. The van der Waals surface area contributed by atoms with Gasteiger partial charge in [0, 0.05) is 3.57 Å². The second-order valence-electron chi connectivity index (χ2n) is 4.61. The zero-order chi connectivity index (χ0) is 13.9. The van der Waals surface area contributed by atoms with Crippen molar-refractivity contribution >= 4 is 33.4 Å². The average Bonchev–Trinajstić information content (AvgIpc) is 2.46. The molecular weight excluding hydrogens is 363 g/mol. The van der Waals surface area contributed by atoms with Crippen molar-refractivity contribution in [3.63, 3.8) is 0 Å². The largest absolute Gasteiger partial charge is 0.508 e. The predicted molar refractivity (Wildman–Crippen MR) is 89.1 cm³/mol. The minimum Gasteiger partial charge on any atom is -0.508 e. The summed E-state index contributed by atoms with van der Waals surface area (Å²) in [5.74, 6) is 1.08. The number of hydrogen-bond acceptors (Lipinski definition) is 2.